The smallest absolute Gasteiger partial charge is 0.257 e. The molecule has 6 heteroatoms. The molecule has 2 aromatic rings. The highest BCUT2D eigenvalue weighted by Gasteiger charge is 2.28. The Morgan fingerprint density at radius 1 is 1.07 bits per heavy atom. The van der Waals surface area contributed by atoms with Crippen LogP contribution in [0.5, 0.6) is 0 Å². The van der Waals surface area contributed by atoms with Gasteiger partial charge in [0.15, 0.2) is 0 Å². The molecule has 1 aromatic carbocycles. The van der Waals surface area contributed by atoms with Gasteiger partial charge in [-0.1, -0.05) is 0 Å². The van der Waals surface area contributed by atoms with Crippen molar-refractivity contribution in [1.82, 2.24) is 9.80 Å². The number of nitrogens with zero attached hydrogens (tertiary/aromatic N) is 3. The zero-order valence-electron chi connectivity index (χ0n) is 16.4. The van der Waals surface area contributed by atoms with Crippen LogP contribution in [0.15, 0.2) is 41.2 Å². The van der Waals surface area contributed by atoms with Gasteiger partial charge in [0.1, 0.15) is 12.1 Å². The van der Waals surface area contributed by atoms with Crippen molar-refractivity contribution in [3.05, 3.63) is 53.7 Å². The molecular weight excluding hydrogens is 357 g/mol. The minimum atomic E-state index is -0.171. The lowest BCUT2D eigenvalue weighted by molar-refractivity contribution is 0.0755. The van der Waals surface area contributed by atoms with Crippen LogP contribution in [0.3, 0.4) is 0 Å². The zero-order valence-corrected chi connectivity index (χ0v) is 16.4. The van der Waals surface area contributed by atoms with Gasteiger partial charge < -0.3 is 14.2 Å². The monoisotopic (exact) mass is 385 g/mol. The largest absolute Gasteiger partial charge is 0.472 e. The van der Waals surface area contributed by atoms with Gasteiger partial charge in [-0.15, -0.1) is 0 Å². The lowest BCUT2D eigenvalue weighted by Gasteiger charge is -2.39. The standard InChI is InChI=1S/C22H28FN3O2/c1-17-15-19(23)3-4-21(17)25-10-5-20(6-11-25)24-8-2-9-26(13-12-24)22(27)18-7-14-28-16-18/h3-4,7,14-16,20H,2,5-6,8-13H2,1H3. The predicted octanol–water partition coefficient (Wildman–Crippen LogP) is 3.54. The molecule has 0 radical (unpaired) electrons. The van der Waals surface area contributed by atoms with Gasteiger partial charge in [0.05, 0.1) is 11.8 Å². The van der Waals surface area contributed by atoms with Crippen molar-refractivity contribution in [2.75, 3.05) is 44.2 Å². The third kappa shape index (κ3) is 4.07. The lowest BCUT2D eigenvalue weighted by atomic mass is 10.0. The molecule has 1 amide bonds. The predicted molar refractivity (Wildman–Crippen MR) is 107 cm³/mol. The van der Waals surface area contributed by atoms with Crippen molar-refractivity contribution >= 4 is 11.6 Å². The number of carbonyl (C=O) groups is 1. The highest BCUT2D eigenvalue weighted by atomic mass is 19.1. The topological polar surface area (TPSA) is 39.9 Å². The molecule has 1 aromatic heterocycles. The van der Waals surface area contributed by atoms with E-state index >= 15 is 0 Å². The molecule has 3 heterocycles. The molecule has 28 heavy (non-hydrogen) atoms. The second-order valence-corrected chi connectivity index (χ2v) is 7.84. The Morgan fingerprint density at radius 2 is 1.89 bits per heavy atom. The average Bonchev–Trinajstić information content (AvgIpc) is 3.12. The van der Waals surface area contributed by atoms with Crippen molar-refractivity contribution in [3.63, 3.8) is 0 Å². The molecule has 4 rings (SSSR count). The number of furan rings is 1. The Labute approximate surface area is 165 Å². The van der Waals surface area contributed by atoms with Gasteiger partial charge in [-0.25, -0.2) is 4.39 Å². The van der Waals surface area contributed by atoms with Crippen LogP contribution >= 0.6 is 0 Å². The molecule has 2 aliphatic heterocycles. The van der Waals surface area contributed by atoms with Crippen molar-refractivity contribution in [2.24, 2.45) is 0 Å². The number of amides is 1. The molecule has 0 N–H and O–H groups in total. The SMILES string of the molecule is Cc1cc(F)ccc1N1CCC(N2CCCN(C(=O)c3ccoc3)CC2)CC1. The minimum absolute atomic E-state index is 0.0669. The number of hydrogen-bond donors (Lipinski definition) is 0. The molecule has 2 saturated heterocycles. The number of benzene rings is 1. The van der Waals surface area contributed by atoms with E-state index in [1.165, 1.54) is 6.26 Å². The van der Waals surface area contributed by atoms with Gasteiger partial charge in [0, 0.05) is 51.0 Å². The fraction of sp³-hybridized carbons (Fsp3) is 0.500. The number of anilines is 1. The maximum absolute atomic E-state index is 13.4. The number of carbonyl (C=O) groups excluding carboxylic acids is 1. The summed E-state index contributed by atoms with van der Waals surface area (Å²) in [5.41, 5.74) is 2.78. The van der Waals surface area contributed by atoms with Crippen LogP contribution in [-0.2, 0) is 0 Å². The second-order valence-electron chi connectivity index (χ2n) is 7.84. The first kappa shape index (κ1) is 19.0. The van der Waals surface area contributed by atoms with Crippen LogP contribution in [0.4, 0.5) is 10.1 Å². The average molecular weight is 385 g/mol. The highest BCUT2D eigenvalue weighted by Crippen LogP contribution is 2.26. The van der Waals surface area contributed by atoms with E-state index in [0.29, 0.717) is 11.6 Å². The molecule has 150 valence electrons. The van der Waals surface area contributed by atoms with E-state index < -0.39 is 0 Å². The van der Waals surface area contributed by atoms with Gasteiger partial charge in [-0.3, -0.25) is 9.69 Å². The summed E-state index contributed by atoms with van der Waals surface area (Å²) in [4.78, 5) is 19.4. The van der Waals surface area contributed by atoms with E-state index in [1.807, 2.05) is 17.9 Å². The third-order valence-corrected chi connectivity index (χ3v) is 6.07. The molecule has 0 unspecified atom stereocenters. The first-order valence-corrected chi connectivity index (χ1v) is 10.2. The zero-order chi connectivity index (χ0) is 19.5. The Balaban J connectivity index is 1.32. The number of piperidine rings is 1. The Kier molecular flexibility index (Phi) is 5.67. The summed E-state index contributed by atoms with van der Waals surface area (Å²) in [5.74, 6) is -0.104. The van der Waals surface area contributed by atoms with Crippen LogP contribution in [0.2, 0.25) is 0 Å². The van der Waals surface area contributed by atoms with Gasteiger partial charge in [0.25, 0.3) is 5.91 Å². The van der Waals surface area contributed by atoms with Crippen LogP contribution in [0.25, 0.3) is 0 Å². The van der Waals surface area contributed by atoms with Crippen LogP contribution in [0.1, 0.15) is 35.2 Å². The van der Waals surface area contributed by atoms with Crippen LogP contribution in [-0.4, -0.2) is 61.0 Å². The van der Waals surface area contributed by atoms with E-state index in [2.05, 4.69) is 9.80 Å². The van der Waals surface area contributed by atoms with E-state index in [0.717, 1.165) is 69.8 Å². The minimum Gasteiger partial charge on any atom is -0.472 e. The van der Waals surface area contributed by atoms with Crippen LogP contribution in [0, 0.1) is 12.7 Å². The first-order valence-electron chi connectivity index (χ1n) is 10.2. The van der Waals surface area contributed by atoms with Crippen molar-refractivity contribution in [1.29, 1.82) is 0 Å². The molecule has 0 atom stereocenters. The normalized spacial score (nSPS) is 19.6. The highest BCUT2D eigenvalue weighted by molar-refractivity contribution is 5.93. The summed E-state index contributed by atoms with van der Waals surface area (Å²) in [6, 6.07) is 7.35. The van der Waals surface area contributed by atoms with E-state index in [9.17, 15) is 9.18 Å². The van der Waals surface area contributed by atoms with Crippen molar-refractivity contribution in [2.45, 2.75) is 32.2 Å². The summed E-state index contributed by atoms with van der Waals surface area (Å²) in [5, 5.41) is 0. The van der Waals surface area contributed by atoms with Crippen LogP contribution < -0.4 is 4.90 Å². The van der Waals surface area contributed by atoms with E-state index in [1.54, 1.807) is 24.5 Å². The van der Waals surface area contributed by atoms with Gasteiger partial charge in [-0.2, -0.15) is 0 Å². The summed E-state index contributed by atoms with van der Waals surface area (Å²) in [6.45, 7) is 7.48. The molecule has 0 bridgehead atoms. The molecule has 2 fully saturated rings. The molecule has 0 aliphatic carbocycles. The van der Waals surface area contributed by atoms with Gasteiger partial charge in [0.2, 0.25) is 0 Å². The fourth-order valence-electron chi connectivity index (χ4n) is 4.52. The van der Waals surface area contributed by atoms with E-state index in [-0.39, 0.29) is 11.7 Å². The van der Waals surface area contributed by atoms with Gasteiger partial charge >= 0.3 is 0 Å². The quantitative estimate of drug-likeness (QED) is 0.810. The Bertz CT molecular complexity index is 800. The molecule has 2 aliphatic rings. The molecule has 0 spiro atoms. The number of halogens is 1. The Morgan fingerprint density at radius 3 is 2.61 bits per heavy atom. The van der Waals surface area contributed by atoms with Gasteiger partial charge in [-0.05, 0) is 56.0 Å². The third-order valence-electron chi connectivity index (χ3n) is 6.07. The van der Waals surface area contributed by atoms with Crippen molar-refractivity contribution in [3.8, 4) is 0 Å². The molecular formula is C22H28FN3O2. The molecule has 5 nitrogen and oxygen atoms in total. The van der Waals surface area contributed by atoms with E-state index in [4.69, 9.17) is 4.42 Å². The fourth-order valence-corrected chi connectivity index (χ4v) is 4.52. The van der Waals surface area contributed by atoms with Crippen molar-refractivity contribution < 1.29 is 13.6 Å². The Hall–Kier alpha value is -2.34. The lowest BCUT2D eigenvalue weighted by Crippen LogP contribution is -2.46. The second kappa shape index (κ2) is 8.35. The maximum atomic E-state index is 13.4. The number of rotatable bonds is 3. The summed E-state index contributed by atoms with van der Waals surface area (Å²) in [6.07, 6.45) is 6.28. The molecule has 0 saturated carbocycles. The number of aryl methyl sites for hydroxylation is 1. The first-order chi connectivity index (χ1) is 13.6. The maximum Gasteiger partial charge on any atom is 0.257 e. The summed E-state index contributed by atoms with van der Waals surface area (Å²) >= 11 is 0. The summed E-state index contributed by atoms with van der Waals surface area (Å²) < 4.78 is 18.4. The summed E-state index contributed by atoms with van der Waals surface area (Å²) in [7, 11) is 0. The number of hydrogen-bond acceptors (Lipinski definition) is 4.